The summed E-state index contributed by atoms with van der Waals surface area (Å²) in [6, 6.07) is 16.9. The van der Waals surface area contributed by atoms with E-state index < -0.39 is 35.9 Å². The molecule has 1 atom stereocenters. The number of halogens is 4. The number of hydrogen-bond donors (Lipinski definition) is 1. The molecule has 2 aliphatic rings. The number of amides is 5. The highest BCUT2D eigenvalue weighted by molar-refractivity contribution is 6.30. The van der Waals surface area contributed by atoms with Gasteiger partial charge in [-0.2, -0.15) is 9.88 Å². The zero-order valence-corrected chi connectivity index (χ0v) is 24.1. The quantitative estimate of drug-likeness (QED) is 0.288. The Labute approximate surface area is 257 Å². The number of nitrogens with one attached hydrogen (secondary N) is 1. The second-order valence-electron chi connectivity index (χ2n) is 10.1. The minimum atomic E-state index is -4.93. The van der Waals surface area contributed by atoms with Crippen LogP contribution in [-0.2, 0) is 6.54 Å². The largest absolute Gasteiger partial charge is 0.573 e. The molecule has 4 aromatic rings. The average Bonchev–Trinajstić information content (AvgIpc) is 3.46. The molecule has 11 nitrogen and oxygen atoms in total. The van der Waals surface area contributed by atoms with Gasteiger partial charge >= 0.3 is 24.3 Å². The molecule has 0 saturated carbocycles. The topological polar surface area (TPSA) is 115 Å². The van der Waals surface area contributed by atoms with E-state index in [9.17, 15) is 32.3 Å². The van der Waals surface area contributed by atoms with Crippen molar-refractivity contribution in [2.24, 2.45) is 0 Å². The second kappa shape index (κ2) is 11.4. The lowest BCUT2D eigenvalue weighted by Gasteiger charge is -2.26. The molecule has 15 heteroatoms. The summed E-state index contributed by atoms with van der Waals surface area (Å²) >= 11 is 6.04. The van der Waals surface area contributed by atoms with Crippen LogP contribution in [0, 0.1) is 0 Å². The van der Waals surface area contributed by atoms with Gasteiger partial charge in [-0.25, -0.2) is 14.5 Å². The van der Waals surface area contributed by atoms with E-state index in [0.717, 1.165) is 21.9 Å². The zero-order chi connectivity index (χ0) is 32.0. The van der Waals surface area contributed by atoms with Crippen LogP contribution >= 0.6 is 11.6 Å². The number of hydrogen-bond acceptors (Lipinski definition) is 7. The first-order chi connectivity index (χ1) is 21.4. The second-order valence-corrected chi connectivity index (χ2v) is 10.6. The van der Waals surface area contributed by atoms with Crippen molar-refractivity contribution >= 4 is 41.2 Å². The molecule has 2 aliphatic heterocycles. The minimum absolute atomic E-state index is 0.00698. The first-order valence-electron chi connectivity index (χ1n) is 13.4. The van der Waals surface area contributed by atoms with Gasteiger partial charge in [0.15, 0.2) is 11.5 Å². The Morgan fingerprint density at radius 3 is 2.18 bits per heavy atom. The predicted molar refractivity (Wildman–Crippen MR) is 152 cm³/mol. The number of imidazole rings is 1. The van der Waals surface area contributed by atoms with Crippen LogP contribution in [0.5, 0.6) is 17.5 Å². The fraction of sp³-hybridized carbons (Fsp3) is 0.167. The Morgan fingerprint density at radius 2 is 1.53 bits per heavy atom. The van der Waals surface area contributed by atoms with Crippen LogP contribution in [0.3, 0.4) is 0 Å². The van der Waals surface area contributed by atoms with Gasteiger partial charge in [-0.1, -0.05) is 41.9 Å². The number of alkyl halides is 3. The lowest BCUT2D eigenvalue weighted by Crippen LogP contribution is -3.20. The number of carbonyl (C=O) groups excluding carboxylic acids is 4. The van der Waals surface area contributed by atoms with E-state index in [-0.39, 0.29) is 58.9 Å². The number of anilines is 1. The third-order valence-electron chi connectivity index (χ3n) is 7.25. The van der Waals surface area contributed by atoms with E-state index in [2.05, 4.69) is 9.72 Å². The Morgan fingerprint density at radius 1 is 0.889 bits per heavy atom. The number of nitrogens with zero attached hydrogens (tertiary/aromatic N) is 4. The molecule has 0 aliphatic carbocycles. The average molecular weight is 641 g/mol. The molecule has 1 aromatic heterocycles. The van der Waals surface area contributed by atoms with Gasteiger partial charge in [0.1, 0.15) is 18.0 Å². The molecule has 0 radical (unpaired) electrons. The molecule has 6 rings (SSSR count). The highest BCUT2D eigenvalue weighted by atomic mass is 35.5. The fourth-order valence-corrected chi connectivity index (χ4v) is 5.27. The van der Waals surface area contributed by atoms with Gasteiger partial charge in [0.05, 0.1) is 24.2 Å². The standard InChI is InChI=1S/C30H21ClF3N5O6/c1-36-24-23(27(42)38(29(36)43)14-13-37-25(40)21-7-2-3-8-22(21)26(37)41)39(16-17-9-11-18(31)12-10-17)28(35-24)44-19-5-4-6-20(15-19)45-30(32,33)34/h2-12,15H,13-14,16H2,1H3/p+1. The van der Waals surface area contributed by atoms with E-state index >= 15 is 0 Å². The lowest BCUT2D eigenvalue weighted by molar-refractivity contribution is -0.723. The summed E-state index contributed by atoms with van der Waals surface area (Å²) in [7, 11) is 1.40. The highest BCUT2D eigenvalue weighted by Gasteiger charge is 2.47. The monoisotopic (exact) mass is 640 g/mol. The fourth-order valence-electron chi connectivity index (χ4n) is 5.14. The summed E-state index contributed by atoms with van der Waals surface area (Å²) in [6.45, 7) is -0.442. The van der Waals surface area contributed by atoms with Gasteiger partial charge < -0.3 is 9.47 Å². The van der Waals surface area contributed by atoms with Gasteiger partial charge in [-0.05, 0) is 42.0 Å². The van der Waals surface area contributed by atoms with E-state index in [1.54, 1.807) is 36.4 Å². The number of fused-ring (bicyclic) bond motifs is 2. The van der Waals surface area contributed by atoms with Crippen LogP contribution in [-0.4, -0.2) is 64.7 Å². The normalized spacial score (nSPS) is 16.2. The van der Waals surface area contributed by atoms with Gasteiger partial charge in [-0.15, -0.1) is 13.2 Å². The Kier molecular flexibility index (Phi) is 7.54. The highest BCUT2D eigenvalue weighted by Crippen LogP contribution is 2.33. The number of ether oxygens (including phenoxy) is 2. The van der Waals surface area contributed by atoms with E-state index in [1.165, 1.54) is 35.9 Å². The SMILES string of the molecule is CN1C(=O)[NH+](CCN2C(=O)c3ccccc3C2=O)C(=O)c2c1nc(Oc1cccc(OC(F)(F)F)c1)n2Cc1ccc(Cl)cc1. The number of carbonyl (C=O) groups is 4. The van der Waals surface area contributed by atoms with Crippen LogP contribution < -0.4 is 19.3 Å². The molecule has 3 heterocycles. The molecule has 3 aromatic carbocycles. The number of rotatable bonds is 8. The predicted octanol–water partition coefficient (Wildman–Crippen LogP) is 4.17. The summed E-state index contributed by atoms with van der Waals surface area (Å²) in [6.07, 6.45) is -4.93. The van der Waals surface area contributed by atoms with Crippen LogP contribution in [0.15, 0.2) is 72.8 Å². The number of quaternary nitrogens is 1. The maximum absolute atomic E-state index is 13.9. The minimum Gasteiger partial charge on any atom is -0.425 e. The summed E-state index contributed by atoms with van der Waals surface area (Å²) in [5, 5.41) is 0.467. The van der Waals surface area contributed by atoms with E-state index in [1.807, 2.05) is 0 Å². The summed E-state index contributed by atoms with van der Waals surface area (Å²) in [5.74, 6) is -2.40. The molecular formula is C30H22ClF3N5O6+. The number of imide groups is 2. The smallest absolute Gasteiger partial charge is 0.425 e. The van der Waals surface area contributed by atoms with Crippen LogP contribution in [0.25, 0.3) is 0 Å². The van der Waals surface area contributed by atoms with Gasteiger partial charge in [0, 0.05) is 18.1 Å². The third-order valence-corrected chi connectivity index (χ3v) is 7.50. The lowest BCUT2D eigenvalue weighted by atomic mass is 10.1. The Balaban J connectivity index is 1.33. The van der Waals surface area contributed by atoms with Crippen molar-refractivity contribution in [1.29, 1.82) is 0 Å². The molecule has 0 saturated heterocycles. The van der Waals surface area contributed by atoms with Gasteiger partial charge in [-0.3, -0.25) is 19.1 Å². The molecule has 45 heavy (non-hydrogen) atoms. The van der Waals surface area contributed by atoms with Crippen molar-refractivity contribution in [3.63, 3.8) is 0 Å². The molecular weight excluding hydrogens is 619 g/mol. The van der Waals surface area contributed by atoms with Crippen molar-refractivity contribution in [2.75, 3.05) is 25.0 Å². The van der Waals surface area contributed by atoms with Crippen molar-refractivity contribution in [1.82, 2.24) is 14.5 Å². The van der Waals surface area contributed by atoms with Crippen LogP contribution in [0.2, 0.25) is 5.02 Å². The maximum Gasteiger partial charge on any atom is 0.573 e. The molecule has 230 valence electrons. The van der Waals surface area contributed by atoms with Crippen molar-refractivity contribution < 1.29 is 46.7 Å². The van der Waals surface area contributed by atoms with E-state index in [4.69, 9.17) is 16.3 Å². The Hall–Kier alpha value is -5.21. The van der Waals surface area contributed by atoms with Gasteiger partial charge in [0.25, 0.3) is 11.8 Å². The Bertz CT molecular complexity index is 1820. The molecule has 5 amide bonds. The molecule has 1 N–H and O–H groups in total. The summed E-state index contributed by atoms with van der Waals surface area (Å²) < 4.78 is 49.7. The summed E-state index contributed by atoms with van der Waals surface area (Å²) in [5.41, 5.74) is 1.11. The number of urea groups is 1. The van der Waals surface area contributed by atoms with Crippen molar-refractivity contribution in [3.05, 3.63) is 100 Å². The maximum atomic E-state index is 13.9. The van der Waals surface area contributed by atoms with E-state index in [0.29, 0.717) is 10.6 Å². The van der Waals surface area contributed by atoms with Crippen molar-refractivity contribution in [2.45, 2.75) is 12.9 Å². The van der Waals surface area contributed by atoms with Crippen LogP contribution in [0.1, 0.15) is 36.8 Å². The molecule has 0 bridgehead atoms. The molecule has 0 spiro atoms. The molecule has 1 unspecified atom stereocenters. The van der Waals surface area contributed by atoms with Crippen molar-refractivity contribution in [3.8, 4) is 17.5 Å². The number of aromatic nitrogens is 2. The van der Waals surface area contributed by atoms with Gasteiger partial charge in [0.2, 0.25) is 0 Å². The first-order valence-corrected chi connectivity index (χ1v) is 13.8. The first kappa shape index (κ1) is 29.8. The van der Waals surface area contributed by atoms with Crippen LogP contribution in [0.4, 0.5) is 23.8 Å². The zero-order valence-electron chi connectivity index (χ0n) is 23.3. The molecule has 0 fully saturated rings. The summed E-state index contributed by atoms with van der Waals surface area (Å²) in [4.78, 5) is 59.4. The number of benzene rings is 3. The third kappa shape index (κ3) is 5.72.